The quantitative estimate of drug-likeness (QED) is 0.129. The highest BCUT2D eigenvalue weighted by Crippen LogP contribution is 2.53. The van der Waals surface area contributed by atoms with E-state index in [0.717, 1.165) is 107 Å². The molecule has 0 radical (unpaired) electrons. The second kappa shape index (κ2) is 20.9. The number of nitrogens with zero attached hydrogens (tertiary/aromatic N) is 4. The molecule has 0 amide bonds. The van der Waals surface area contributed by atoms with Crippen LogP contribution in [-0.4, -0.2) is 16.2 Å². The molecule has 0 bridgehead atoms. The molecule has 8 heteroatoms. The molecule has 0 saturated carbocycles. The first-order valence-electron chi connectivity index (χ1n) is 28.4. The zero-order chi connectivity index (χ0) is 57.4. The molecule has 1 aliphatic rings. The van der Waals surface area contributed by atoms with Crippen LogP contribution in [0.1, 0.15) is 103 Å². The minimum atomic E-state index is -0.978. The van der Waals surface area contributed by atoms with Gasteiger partial charge in [0.1, 0.15) is 41.4 Å². The molecule has 0 fully saturated rings. The molecule has 0 N–H and O–H groups in total. The fourth-order valence-corrected chi connectivity index (χ4v) is 11.7. The third-order valence-corrected chi connectivity index (χ3v) is 16.1. The molecule has 2 aromatic heterocycles. The molecule has 0 spiro atoms. The third kappa shape index (κ3) is 9.99. The Labute approximate surface area is 479 Å². The van der Waals surface area contributed by atoms with Crippen molar-refractivity contribution in [2.45, 2.75) is 91.9 Å². The number of aromatic nitrogens is 2. The third-order valence-electron chi connectivity index (χ3n) is 16.1. The van der Waals surface area contributed by atoms with Crippen molar-refractivity contribution in [1.29, 1.82) is 0 Å². The Morgan fingerprint density at radius 3 is 1.72 bits per heavy atom. The van der Waals surface area contributed by atoms with Gasteiger partial charge in [0.05, 0.1) is 33.7 Å². The van der Waals surface area contributed by atoms with E-state index < -0.39 is 22.9 Å². The Bertz CT molecular complexity index is 4210. The van der Waals surface area contributed by atoms with Crippen LogP contribution in [-0.2, 0) is 10.8 Å². The number of rotatable bonds is 11. The van der Waals surface area contributed by atoms with Gasteiger partial charge in [-0.3, -0.25) is 4.57 Å². The first-order chi connectivity index (χ1) is 39.3. The molecule has 0 saturated heterocycles. The van der Waals surface area contributed by atoms with Crippen LogP contribution in [0.2, 0.25) is 0 Å². The fraction of sp³-hybridized carbons (Fsp3) is 0.203. The standard InChI is InChI=1S/C74H67F3N4O/c1-45(2)48-32-49(46(3)4)34-50(33-48)62-37-53(74(8,9)10)38-63(71-64(76)40-54(75)41-65(71)77)72(62)80-44-79(67-26-18-19-27-68(67)80)55-35-51(59-23-15-14-22-58(59)47-20-12-11-13-21-47)36-57(42-55)82-56-28-29-61-60-24-16-17-25-66(60)81(69(61)43-56)70-39-52(30-31-78-70)73(5,6)7/h11-43,45-46H,44H2,1-10H3. The molecule has 11 aromatic rings. The van der Waals surface area contributed by atoms with Crippen LogP contribution in [0, 0.1) is 17.5 Å². The van der Waals surface area contributed by atoms with Crippen molar-refractivity contribution >= 4 is 44.6 Å². The molecular formula is C74H67F3N4O. The first-order valence-corrected chi connectivity index (χ1v) is 28.4. The van der Waals surface area contributed by atoms with Gasteiger partial charge in [-0.2, -0.15) is 0 Å². The summed E-state index contributed by atoms with van der Waals surface area (Å²) in [5, 5.41) is 2.19. The lowest BCUT2D eigenvalue weighted by Crippen LogP contribution is -2.25. The van der Waals surface area contributed by atoms with E-state index in [9.17, 15) is 0 Å². The molecule has 0 aliphatic carbocycles. The number of halogens is 3. The average Bonchev–Trinajstić information content (AvgIpc) is 2.34. The van der Waals surface area contributed by atoms with Gasteiger partial charge in [0.25, 0.3) is 0 Å². The van der Waals surface area contributed by atoms with Gasteiger partial charge < -0.3 is 14.5 Å². The zero-order valence-electron chi connectivity index (χ0n) is 48.2. The Kier molecular flexibility index (Phi) is 13.7. The molecule has 0 atom stereocenters. The van der Waals surface area contributed by atoms with Gasteiger partial charge >= 0.3 is 0 Å². The number of benzene rings is 9. The zero-order valence-corrected chi connectivity index (χ0v) is 48.2. The van der Waals surface area contributed by atoms with Crippen molar-refractivity contribution in [3.63, 3.8) is 0 Å². The fourth-order valence-electron chi connectivity index (χ4n) is 11.7. The summed E-state index contributed by atoms with van der Waals surface area (Å²) in [6.07, 6.45) is 1.89. The van der Waals surface area contributed by atoms with Crippen molar-refractivity contribution in [3.8, 4) is 61.8 Å². The van der Waals surface area contributed by atoms with E-state index in [4.69, 9.17) is 9.72 Å². The van der Waals surface area contributed by atoms with Gasteiger partial charge in [-0.1, -0.05) is 172 Å². The largest absolute Gasteiger partial charge is 0.457 e. The summed E-state index contributed by atoms with van der Waals surface area (Å²) in [7, 11) is 0. The number of para-hydroxylation sites is 3. The van der Waals surface area contributed by atoms with E-state index in [2.05, 4.69) is 235 Å². The molecule has 82 heavy (non-hydrogen) atoms. The van der Waals surface area contributed by atoms with Gasteiger partial charge in [-0.25, -0.2) is 18.2 Å². The molecule has 410 valence electrons. The average molecular weight is 1090 g/mol. The van der Waals surface area contributed by atoms with Gasteiger partial charge in [-0.15, -0.1) is 0 Å². The van der Waals surface area contributed by atoms with Gasteiger partial charge in [0.15, 0.2) is 0 Å². The van der Waals surface area contributed by atoms with E-state index in [1.165, 1.54) is 5.56 Å². The summed E-state index contributed by atoms with van der Waals surface area (Å²) < 4.78 is 57.9. The number of ether oxygens (including phenoxy) is 1. The number of hydrogen-bond acceptors (Lipinski definition) is 4. The van der Waals surface area contributed by atoms with Gasteiger partial charge in [-0.05, 0) is 139 Å². The number of fused-ring (bicyclic) bond motifs is 4. The highest BCUT2D eigenvalue weighted by Gasteiger charge is 2.35. The minimum Gasteiger partial charge on any atom is -0.457 e. The second-order valence-electron chi connectivity index (χ2n) is 24.5. The summed E-state index contributed by atoms with van der Waals surface area (Å²) >= 11 is 0. The molecule has 12 rings (SSSR count). The molecule has 5 nitrogen and oxygen atoms in total. The number of pyridine rings is 1. The Morgan fingerprint density at radius 1 is 0.463 bits per heavy atom. The maximum Gasteiger partial charge on any atom is 0.137 e. The maximum atomic E-state index is 16.8. The predicted molar refractivity (Wildman–Crippen MR) is 334 cm³/mol. The molecule has 3 heterocycles. The first kappa shape index (κ1) is 53.7. The van der Waals surface area contributed by atoms with Crippen molar-refractivity contribution in [2.24, 2.45) is 0 Å². The minimum absolute atomic E-state index is 0.0870. The lowest BCUT2D eigenvalue weighted by atomic mass is 9.81. The van der Waals surface area contributed by atoms with Crippen molar-refractivity contribution < 1.29 is 17.9 Å². The van der Waals surface area contributed by atoms with Crippen LogP contribution in [0.25, 0.3) is 72.1 Å². The van der Waals surface area contributed by atoms with E-state index in [1.54, 1.807) is 0 Å². The van der Waals surface area contributed by atoms with Crippen molar-refractivity contribution in [1.82, 2.24) is 9.55 Å². The van der Waals surface area contributed by atoms with E-state index in [1.807, 2.05) is 36.5 Å². The van der Waals surface area contributed by atoms with Crippen LogP contribution >= 0.6 is 0 Å². The van der Waals surface area contributed by atoms with Crippen LogP contribution < -0.4 is 14.5 Å². The summed E-state index contributed by atoms with van der Waals surface area (Å²) in [4.78, 5) is 9.36. The van der Waals surface area contributed by atoms with Gasteiger partial charge in [0, 0.05) is 58.0 Å². The SMILES string of the molecule is CC(C)c1cc(-c2cc(C(C)(C)C)cc(-c3c(F)cc(F)cc3F)c2N2CN(c3cc(Oc4ccc5c6ccccc6n(-c6cc(C(C)(C)C)ccn6)c5c4)cc(-c4ccccc4-c4ccccc4)c3)c3ccccc32)cc(C(C)C)c1. The molecule has 9 aromatic carbocycles. The lowest BCUT2D eigenvalue weighted by molar-refractivity contribution is 0.483. The number of hydrogen-bond donors (Lipinski definition) is 0. The highest BCUT2D eigenvalue weighted by molar-refractivity contribution is 6.09. The van der Waals surface area contributed by atoms with Crippen LogP contribution in [0.3, 0.4) is 0 Å². The molecule has 1 aliphatic heterocycles. The van der Waals surface area contributed by atoms with Crippen LogP contribution in [0.4, 0.5) is 35.9 Å². The van der Waals surface area contributed by atoms with E-state index >= 15 is 13.2 Å². The van der Waals surface area contributed by atoms with E-state index in [0.29, 0.717) is 22.7 Å². The van der Waals surface area contributed by atoms with Crippen LogP contribution in [0.15, 0.2) is 200 Å². The topological polar surface area (TPSA) is 33.5 Å². The maximum absolute atomic E-state index is 16.8. The summed E-state index contributed by atoms with van der Waals surface area (Å²) in [5.74, 6) is -0.442. The Hall–Kier alpha value is -8.88. The van der Waals surface area contributed by atoms with Crippen molar-refractivity contribution in [3.05, 3.63) is 240 Å². The predicted octanol–water partition coefficient (Wildman–Crippen LogP) is 21.1. The van der Waals surface area contributed by atoms with Gasteiger partial charge in [0.2, 0.25) is 0 Å². The summed E-state index contributed by atoms with van der Waals surface area (Å²) in [6.45, 7) is 21.9. The highest BCUT2D eigenvalue weighted by atomic mass is 19.1. The van der Waals surface area contributed by atoms with E-state index in [-0.39, 0.29) is 29.5 Å². The summed E-state index contributed by atoms with van der Waals surface area (Å²) in [6, 6.07) is 64.7. The smallest absolute Gasteiger partial charge is 0.137 e. The monoisotopic (exact) mass is 1080 g/mol. The van der Waals surface area contributed by atoms with Crippen molar-refractivity contribution in [2.75, 3.05) is 16.5 Å². The second-order valence-corrected chi connectivity index (χ2v) is 24.5. The lowest BCUT2D eigenvalue weighted by Gasteiger charge is -2.31. The molecular weight excluding hydrogens is 1020 g/mol. The summed E-state index contributed by atoms with van der Waals surface area (Å²) in [5.41, 5.74) is 14.9. The number of anilines is 4. The molecule has 0 unspecified atom stereocenters. The Balaban J connectivity index is 1.07. The Morgan fingerprint density at radius 2 is 1.05 bits per heavy atom. The van der Waals surface area contributed by atoms with Crippen LogP contribution in [0.5, 0.6) is 11.5 Å². The normalized spacial score (nSPS) is 12.8.